The van der Waals surface area contributed by atoms with E-state index in [1.54, 1.807) is 0 Å². The van der Waals surface area contributed by atoms with Crippen molar-refractivity contribution in [3.63, 3.8) is 0 Å². The van der Waals surface area contributed by atoms with Crippen LogP contribution in [0, 0.1) is 0 Å². The Hall–Kier alpha value is -1.36. The van der Waals surface area contributed by atoms with Gasteiger partial charge in [0.05, 0.1) is 0 Å². The minimum absolute atomic E-state index is 0.0111. The molecule has 0 aromatic rings. The Morgan fingerprint density at radius 1 is 1.42 bits per heavy atom. The van der Waals surface area contributed by atoms with Gasteiger partial charge in [-0.3, -0.25) is 9.59 Å². The van der Waals surface area contributed by atoms with Gasteiger partial charge in [0.2, 0.25) is 0 Å². The number of nitrogens with two attached hydrogens (primary N) is 1. The number of allylic oxidation sites excluding steroid dienone is 1. The first-order chi connectivity index (χ1) is 5.54. The third-order valence-electron chi connectivity index (χ3n) is 1.15. The van der Waals surface area contributed by atoms with Gasteiger partial charge < -0.3 is 15.9 Å². The quantitative estimate of drug-likeness (QED) is 0.500. The molecular weight excluding hydrogens is 162 g/mol. The van der Waals surface area contributed by atoms with Gasteiger partial charge in [-0.05, 0) is 6.42 Å². The second-order valence-corrected chi connectivity index (χ2v) is 2.22. The highest BCUT2D eigenvalue weighted by Gasteiger charge is 2.05. The first-order valence-corrected chi connectivity index (χ1v) is 3.41. The van der Waals surface area contributed by atoms with E-state index < -0.39 is 18.0 Å². The number of carbonyl (C=O) groups is 2. The molecule has 1 atom stereocenters. The summed E-state index contributed by atoms with van der Waals surface area (Å²) in [5.74, 6) is -2.04. The van der Waals surface area contributed by atoms with Gasteiger partial charge in [-0.15, -0.1) is 0 Å². The standard InChI is InChI=1S/C7H11NO4/c8-5(7(11)12)3-1-2-4-6(9)10/h1,3,5H,2,4,8H2,(H,9,10)(H,11,12)/b3-1+/t5-/m1/s1. The molecular formula is C7H11NO4. The number of hydrogen-bond acceptors (Lipinski definition) is 3. The molecule has 0 amide bonds. The zero-order chi connectivity index (χ0) is 9.56. The largest absolute Gasteiger partial charge is 0.481 e. The van der Waals surface area contributed by atoms with Gasteiger partial charge in [0.1, 0.15) is 6.04 Å². The fraction of sp³-hybridized carbons (Fsp3) is 0.429. The Morgan fingerprint density at radius 2 is 2.00 bits per heavy atom. The fourth-order valence-electron chi connectivity index (χ4n) is 0.532. The summed E-state index contributed by atoms with van der Waals surface area (Å²) in [6.07, 6.45) is 3.01. The molecule has 5 heteroatoms. The van der Waals surface area contributed by atoms with Crippen LogP contribution in [0.5, 0.6) is 0 Å². The van der Waals surface area contributed by atoms with E-state index in [9.17, 15) is 9.59 Å². The highest BCUT2D eigenvalue weighted by molar-refractivity contribution is 5.75. The second kappa shape index (κ2) is 5.31. The number of rotatable bonds is 5. The van der Waals surface area contributed by atoms with E-state index in [2.05, 4.69) is 0 Å². The predicted octanol–water partition coefficient (Wildman–Crippen LogP) is -0.181. The van der Waals surface area contributed by atoms with Gasteiger partial charge in [0.15, 0.2) is 0 Å². The molecule has 0 rings (SSSR count). The molecule has 0 saturated carbocycles. The van der Waals surface area contributed by atoms with Crippen LogP contribution >= 0.6 is 0 Å². The predicted molar refractivity (Wildman–Crippen MR) is 41.6 cm³/mol. The maximum atomic E-state index is 10.1. The van der Waals surface area contributed by atoms with Crippen LogP contribution < -0.4 is 5.73 Å². The molecule has 5 nitrogen and oxygen atoms in total. The van der Waals surface area contributed by atoms with Crippen molar-refractivity contribution in [3.05, 3.63) is 12.2 Å². The molecule has 0 aliphatic rings. The normalized spacial score (nSPS) is 13.1. The Morgan fingerprint density at radius 3 is 2.42 bits per heavy atom. The maximum Gasteiger partial charge on any atom is 0.324 e. The molecule has 0 aliphatic heterocycles. The molecule has 0 radical (unpaired) electrons. The summed E-state index contributed by atoms with van der Waals surface area (Å²) in [5.41, 5.74) is 5.10. The van der Waals surface area contributed by atoms with Crippen LogP contribution in [-0.4, -0.2) is 28.2 Å². The van der Waals surface area contributed by atoms with E-state index in [0.717, 1.165) is 0 Å². The third kappa shape index (κ3) is 5.43. The minimum atomic E-state index is -1.12. The van der Waals surface area contributed by atoms with Crippen LogP contribution in [0.4, 0.5) is 0 Å². The molecule has 0 bridgehead atoms. The molecule has 4 N–H and O–H groups in total. The van der Waals surface area contributed by atoms with Gasteiger partial charge in [-0.1, -0.05) is 12.2 Å². The van der Waals surface area contributed by atoms with Crippen molar-refractivity contribution in [2.24, 2.45) is 5.73 Å². The van der Waals surface area contributed by atoms with Gasteiger partial charge in [-0.2, -0.15) is 0 Å². The van der Waals surface area contributed by atoms with Crippen LogP contribution in [-0.2, 0) is 9.59 Å². The van der Waals surface area contributed by atoms with E-state index >= 15 is 0 Å². The lowest BCUT2D eigenvalue weighted by atomic mass is 10.2. The average molecular weight is 173 g/mol. The Labute approximate surface area is 69.5 Å². The zero-order valence-electron chi connectivity index (χ0n) is 6.43. The number of hydrogen-bond donors (Lipinski definition) is 3. The lowest BCUT2D eigenvalue weighted by Crippen LogP contribution is -2.27. The fourth-order valence-corrected chi connectivity index (χ4v) is 0.532. The van der Waals surface area contributed by atoms with Crippen molar-refractivity contribution >= 4 is 11.9 Å². The molecule has 0 unspecified atom stereocenters. The second-order valence-electron chi connectivity index (χ2n) is 2.22. The average Bonchev–Trinajstić information content (AvgIpc) is 1.97. The summed E-state index contributed by atoms with van der Waals surface area (Å²) < 4.78 is 0. The molecule has 0 saturated heterocycles. The number of carboxylic acids is 2. The van der Waals surface area contributed by atoms with Crippen LogP contribution in [0.25, 0.3) is 0 Å². The molecule has 0 spiro atoms. The van der Waals surface area contributed by atoms with Crippen LogP contribution in [0.1, 0.15) is 12.8 Å². The summed E-state index contributed by atoms with van der Waals surface area (Å²) in [4.78, 5) is 20.1. The molecule has 0 fully saturated rings. The Balaban J connectivity index is 3.62. The van der Waals surface area contributed by atoms with Gasteiger partial charge in [0, 0.05) is 6.42 Å². The smallest absolute Gasteiger partial charge is 0.324 e. The minimum Gasteiger partial charge on any atom is -0.481 e. The van der Waals surface area contributed by atoms with E-state index in [1.165, 1.54) is 12.2 Å². The first kappa shape index (κ1) is 10.6. The van der Waals surface area contributed by atoms with E-state index in [0.29, 0.717) is 6.42 Å². The maximum absolute atomic E-state index is 10.1. The summed E-state index contributed by atoms with van der Waals surface area (Å²) in [7, 11) is 0. The molecule has 12 heavy (non-hydrogen) atoms. The summed E-state index contributed by atoms with van der Waals surface area (Å²) in [6.45, 7) is 0. The summed E-state index contributed by atoms with van der Waals surface area (Å²) in [5, 5.41) is 16.5. The van der Waals surface area contributed by atoms with Gasteiger partial charge in [-0.25, -0.2) is 0 Å². The van der Waals surface area contributed by atoms with Crippen LogP contribution in [0.2, 0.25) is 0 Å². The van der Waals surface area contributed by atoms with Crippen molar-refractivity contribution in [1.29, 1.82) is 0 Å². The van der Waals surface area contributed by atoms with Crippen LogP contribution in [0.3, 0.4) is 0 Å². The lowest BCUT2D eigenvalue weighted by molar-refractivity contribution is -0.137. The SMILES string of the molecule is N[C@H](/C=C/CCC(=O)O)C(=O)O. The first-order valence-electron chi connectivity index (χ1n) is 3.41. The Bertz CT molecular complexity index is 200. The lowest BCUT2D eigenvalue weighted by Gasteiger charge is -1.96. The Kier molecular flexibility index (Phi) is 4.71. The van der Waals surface area contributed by atoms with Crippen molar-refractivity contribution in [2.75, 3.05) is 0 Å². The highest BCUT2D eigenvalue weighted by Crippen LogP contribution is 1.92. The summed E-state index contributed by atoms with van der Waals surface area (Å²) >= 11 is 0. The number of aliphatic carboxylic acids is 2. The van der Waals surface area contributed by atoms with Crippen molar-refractivity contribution in [2.45, 2.75) is 18.9 Å². The van der Waals surface area contributed by atoms with Crippen LogP contribution in [0.15, 0.2) is 12.2 Å². The third-order valence-corrected chi connectivity index (χ3v) is 1.15. The van der Waals surface area contributed by atoms with E-state index in [-0.39, 0.29) is 6.42 Å². The van der Waals surface area contributed by atoms with Gasteiger partial charge in [0.25, 0.3) is 0 Å². The molecule has 0 aromatic carbocycles. The van der Waals surface area contributed by atoms with Crippen molar-refractivity contribution in [1.82, 2.24) is 0 Å². The van der Waals surface area contributed by atoms with E-state index in [1.807, 2.05) is 0 Å². The monoisotopic (exact) mass is 173 g/mol. The highest BCUT2D eigenvalue weighted by atomic mass is 16.4. The van der Waals surface area contributed by atoms with Crippen molar-refractivity contribution in [3.8, 4) is 0 Å². The van der Waals surface area contributed by atoms with Gasteiger partial charge >= 0.3 is 11.9 Å². The molecule has 0 heterocycles. The molecule has 68 valence electrons. The number of carboxylic acid groups (broad SMARTS) is 2. The molecule has 0 aromatic heterocycles. The van der Waals surface area contributed by atoms with Crippen molar-refractivity contribution < 1.29 is 19.8 Å². The molecule has 0 aliphatic carbocycles. The van der Waals surface area contributed by atoms with E-state index in [4.69, 9.17) is 15.9 Å². The topological polar surface area (TPSA) is 101 Å². The zero-order valence-corrected chi connectivity index (χ0v) is 6.43. The summed E-state index contributed by atoms with van der Waals surface area (Å²) in [6, 6.07) is -1.04.